The summed E-state index contributed by atoms with van der Waals surface area (Å²) in [5.74, 6) is 0. The molecule has 4 heteroatoms. The number of halogens is 1. The van der Waals surface area contributed by atoms with Crippen LogP contribution in [0.5, 0.6) is 0 Å². The van der Waals surface area contributed by atoms with Crippen LogP contribution in [0.1, 0.15) is 0 Å². The van der Waals surface area contributed by atoms with Crippen LogP contribution in [0.15, 0.2) is 0 Å². The van der Waals surface area contributed by atoms with E-state index in [1.54, 1.807) is 21.2 Å². The lowest BCUT2D eigenvalue weighted by molar-refractivity contribution is 0.505. The predicted octanol–water partition coefficient (Wildman–Crippen LogP) is 0.459. The number of hydrogen-bond donors (Lipinski definition) is 1. The van der Waals surface area contributed by atoms with Gasteiger partial charge in [0.15, 0.2) is 0 Å². The van der Waals surface area contributed by atoms with Gasteiger partial charge < -0.3 is 4.90 Å². The lowest BCUT2D eigenvalue weighted by Gasteiger charge is -1.90. The van der Waals surface area contributed by atoms with Crippen molar-refractivity contribution in [2.75, 3.05) is 21.1 Å². The first-order valence-electron chi connectivity index (χ1n) is 1.69. The largest absolute Gasteiger partial charge is 0.312 e. The Balaban J connectivity index is 0. The zero-order valence-electron chi connectivity index (χ0n) is 4.68. The summed E-state index contributed by atoms with van der Waals surface area (Å²) in [5, 5.41) is 0. The highest BCUT2D eigenvalue weighted by Gasteiger charge is 1.58. The molecule has 7 heavy (non-hydrogen) atoms. The van der Waals surface area contributed by atoms with Gasteiger partial charge in [-0.25, -0.2) is 0 Å². The quantitative estimate of drug-likeness (QED) is 0.374. The molecule has 0 aliphatic rings. The van der Waals surface area contributed by atoms with Gasteiger partial charge in [-0.3, -0.25) is 4.21 Å². The number of hydrogen-bond acceptors (Lipinski definition) is 2. The van der Waals surface area contributed by atoms with Gasteiger partial charge in [0.05, 0.1) is 8.84 Å². The molecule has 0 saturated heterocycles. The first kappa shape index (κ1) is 10.8. The topological polar surface area (TPSA) is 20.3 Å². The summed E-state index contributed by atoms with van der Waals surface area (Å²) in [6.07, 6.45) is 0. The third kappa shape index (κ3) is 227. The van der Waals surface area contributed by atoms with E-state index in [9.17, 15) is 0 Å². The fourth-order valence-corrected chi connectivity index (χ4v) is 0. The van der Waals surface area contributed by atoms with E-state index in [-0.39, 0.29) is 8.84 Å². The van der Waals surface area contributed by atoms with Crippen LogP contribution in [0, 0.1) is 0 Å². The summed E-state index contributed by atoms with van der Waals surface area (Å²) < 4.78 is 8.89. The smallest absolute Gasteiger partial charge is 0.0706 e. The Morgan fingerprint density at radius 3 is 1.43 bits per heavy atom. The Bertz CT molecular complexity index is 39.2. The summed E-state index contributed by atoms with van der Waals surface area (Å²) in [6, 6.07) is 0. The van der Waals surface area contributed by atoms with E-state index in [4.69, 9.17) is 4.21 Å². The highest BCUT2D eigenvalue weighted by atomic mass is 127. The maximum absolute atomic E-state index is 8.89. The van der Waals surface area contributed by atoms with Crippen LogP contribution in [-0.2, 0) is 8.84 Å². The van der Waals surface area contributed by atoms with Gasteiger partial charge in [-0.15, -0.1) is 0 Å². The molecule has 0 N–H and O–H groups in total. The van der Waals surface area contributed by atoms with E-state index in [1.807, 2.05) is 26.0 Å². The van der Waals surface area contributed by atoms with E-state index in [1.165, 1.54) is 0 Å². The van der Waals surface area contributed by atoms with Crippen LogP contribution < -0.4 is 0 Å². The second-order valence-corrected chi connectivity index (χ2v) is 2.73. The van der Waals surface area contributed by atoms with E-state index < -0.39 is 0 Å². The molecule has 0 aromatic rings. The molecular formula is C3H10INOS. The molecule has 0 heterocycles. The lowest BCUT2D eigenvalue weighted by Crippen LogP contribution is -1.99. The molecule has 0 spiro atoms. The summed E-state index contributed by atoms with van der Waals surface area (Å²) in [6.45, 7) is 0. The summed E-state index contributed by atoms with van der Waals surface area (Å²) in [5.41, 5.74) is 0. The number of rotatable bonds is 0. The van der Waals surface area contributed by atoms with Crippen molar-refractivity contribution in [2.24, 2.45) is 0 Å². The van der Waals surface area contributed by atoms with Crippen LogP contribution in [0.4, 0.5) is 0 Å². The van der Waals surface area contributed by atoms with Gasteiger partial charge in [-0.2, -0.15) is 0 Å². The zero-order chi connectivity index (χ0) is 6.28. The molecular weight excluding hydrogens is 225 g/mol. The van der Waals surface area contributed by atoms with E-state index in [0.29, 0.717) is 0 Å². The highest BCUT2D eigenvalue weighted by molar-refractivity contribution is 14.2. The normalized spacial score (nSPS) is 7.57. The van der Waals surface area contributed by atoms with Crippen molar-refractivity contribution in [1.29, 1.82) is 0 Å². The molecule has 46 valence electrons. The van der Waals surface area contributed by atoms with E-state index in [0.717, 1.165) is 0 Å². The molecule has 0 aromatic carbocycles. The van der Waals surface area contributed by atoms with Gasteiger partial charge in [-0.1, -0.05) is 0 Å². The molecule has 0 fully saturated rings. The third-order valence-electron chi connectivity index (χ3n) is 0. The van der Waals surface area contributed by atoms with Crippen LogP contribution in [0.2, 0.25) is 0 Å². The van der Waals surface area contributed by atoms with Crippen molar-refractivity contribution in [2.45, 2.75) is 0 Å². The van der Waals surface area contributed by atoms with Crippen molar-refractivity contribution >= 4 is 30.0 Å². The number of thiol groups is 1. The SMILES string of the molecule is CN(C)C.O=[SH]I. The van der Waals surface area contributed by atoms with Crippen LogP contribution >= 0.6 is 21.2 Å². The maximum Gasteiger partial charge on any atom is 0.0706 e. The van der Waals surface area contributed by atoms with E-state index >= 15 is 0 Å². The first-order valence-corrected chi connectivity index (χ1v) is 5.29. The molecule has 0 aromatic heterocycles. The molecule has 0 bridgehead atoms. The standard InChI is InChI=1S/C3H9N.HIOS/c1-4(2)3;1-3-2/h1-3H3;3H. The minimum Gasteiger partial charge on any atom is -0.312 e. The molecule has 0 radical (unpaired) electrons. The molecule has 0 unspecified atom stereocenters. The molecule has 0 aliphatic carbocycles. The van der Waals surface area contributed by atoms with Crippen LogP contribution in [0.3, 0.4) is 0 Å². The minimum atomic E-state index is 0.137. The summed E-state index contributed by atoms with van der Waals surface area (Å²) >= 11 is 1.70. The molecule has 0 rings (SSSR count). The molecule has 0 atom stereocenters. The van der Waals surface area contributed by atoms with Crippen molar-refractivity contribution in [3.63, 3.8) is 0 Å². The van der Waals surface area contributed by atoms with E-state index in [2.05, 4.69) is 0 Å². The fraction of sp³-hybridized carbons (Fsp3) is 1.00. The summed E-state index contributed by atoms with van der Waals surface area (Å²) in [7, 11) is 6.14. The predicted molar refractivity (Wildman–Crippen MR) is 43.2 cm³/mol. The second-order valence-electron chi connectivity index (χ2n) is 1.41. The van der Waals surface area contributed by atoms with Crippen molar-refractivity contribution in [3.8, 4) is 0 Å². The van der Waals surface area contributed by atoms with Crippen molar-refractivity contribution in [1.82, 2.24) is 4.90 Å². The Kier molecular flexibility index (Phi) is 15.3. The maximum atomic E-state index is 8.89. The van der Waals surface area contributed by atoms with Gasteiger partial charge >= 0.3 is 0 Å². The Labute approximate surface area is 60.4 Å². The molecule has 2 nitrogen and oxygen atoms in total. The average Bonchev–Trinajstić information content (AvgIpc) is 1.33. The van der Waals surface area contributed by atoms with Gasteiger partial charge in [-0.05, 0) is 21.1 Å². The monoisotopic (exact) mass is 235 g/mol. The Morgan fingerprint density at radius 2 is 1.43 bits per heavy atom. The summed E-state index contributed by atoms with van der Waals surface area (Å²) in [4.78, 5) is 2.00. The van der Waals surface area contributed by atoms with Gasteiger partial charge in [0, 0.05) is 21.2 Å². The molecule has 0 amide bonds. The van der Waals surface area contributed by atoms with Crippen molar-refractivity contribution in [3.05, 3.63) is 0 Å². The first-order chi connectivity index (χ1) is 3.15. The minimum absolute atomic E-state index is 0.137. The van der Waals surface area contributed by atoms with Gasteiger partial charge in [0.2, 0.25) is 0 Å². The Hall–Kier alpha value is 0.840. The van der Waals surface area contributed by atoms with Gasteiger partial charge in [0.25, 0.3) is 0 Å². The Morgan fingerprint density at radius 1 is 1.43 bits per heavy atom. The van der Waals surface area contributed by atoms with Gasteiger partial charge in [0.1, 0.15) is 0 Å². The second kappa shape index (κ2) is 9.96. The van der Waals surface area contributed by atoms with Crippen molar-refractivity contribution < 1.29 is 4.21 Å². The average molecular weight is 235 g/mol. The zero-order valence-corrected chi connectivity index (χ0v) is 7.73. The van der Waals surface area contributed by atoms with Crippen LogP contribution in [-0.4, -0.2) is 30.3 Å². The highest BCUT2D eigenvalue weighted by Crippen LogP contribution is 1.62. The molecule has 0 saturated carbocycles. The lowest BCUT2D eigenvalue weighted by atomic mass is 11.0. The number of nitrogens with zero attached hydrogens (tertiary/aromatic N) is 1. The fourth-order valence-electron chi connectivity index (χ4n) is 0. The third-order valence-corrected chi connectivity index (χ3v) is 0. The van der Waals surface area contributed by atoms with Crippen LogP contribution in [0.25, 0.3) is 0 Å². The molecule has 0 aliphatic heterocycles.